The van der Waals surface area contributed by atoms with E-state index < -0.39 is 5.54 Å². The van der Waals surface area contributed by atoms with Crippen LogP contribution in [0.5, 0.6) is 11.5 Å². The van der Waals surface area contributed by atoms with Gasteiger partial charge in [-0.15, -0.1) is 0 Å². The van der Waals surface area contributed by atoms with Crippen molar-refractivity contribution in [2.45, 2.75) is 50.6 Å². The Balaban J connectivity index is 1.52. The molecule has 3 heterocycles. The summed E-state index contributed by atoms with van der Waals surface area (Å²) in [6, 6.07) is 14.4. The van der Waals surface area contributed by atoms with Gasteiger partial charge < -0.3 is 24.3 Å². The van der Waals surface area contributed by atoms with Gasteiger partial charge in [0.2, 0.25) is 5.91 Å². The van der Waals surface area contributed by atoms with Crippen molar-refractivity contribution in [2.75, 3.05) is 26.8 Å². The molecule has 0 radical (unpaired) electrons. The summed E-state index contributed by atoms with van der Waals surface area (Å²) in [4.78, 5) is 34.6. The standard InChI is InChI=1S/C28H31N3O4/c1-4-13-35-22-12-9-17(14-23(22)34-3)20-15-31-24(32)16-30(18-10-11-18)27(33)28(31,2)26-25(20)19-7-5-6-8-21(19)29-26/h5-9,12,14,18,20,29H,4,10-11,13,15-16H2,1-3H3/t20?,28-/m0/s1. The molecule has 6 rings (SSSR count). The highest BCUT2D eigenvalue weighted by Crippen LogP contribution is 2.50. The quantitative estimate of drug-likeness (QED) is 0.583. The van der Waals surface area contributed by atoms with Crippen molar-refractivity contribution in [3.63, 3.8) is 0 Å². The van der Waals surface area contributed by atoms with E-state index in [1.165, 1.54) is 0 Å². The van der Waals surface area contributed by atoms with Gasteiger partial charge in [0.05, 0.1) is 19.4 Å². The van der Waals surface area contributed by atoms with Gasteiger partial charge in [0.15, 0.2) is 17.0 Å². The van der Waals surface area contributed by atoms with E-state index in [9.17, 15) is 9.59 Å². The van der Waals surface area contributed by atoms with Crippen molar-refractivity contribution in [1.29, 1.82) is 0 Å². The van der Waals surface area contributed by atoms with Crippen LogP contribution in [0.25, 0.3) is 10.9 Å². The SMILES string of the molecule is CCCOc1ccc(C2CN3C(=O)CN(C4CC4)C(=O)[C@]3(C)c3[nH]c4ccccc4c32)cc1OC. The molecule has 1 saturated carbocycles. The molecule has 1 aromatic heterocycles. The normalized spacial score (nSPS) is 23.9. The largest absolute Gasteiger partial charge is 0.493 e. The first-order valence-electron chi connectivity index (χ1n) is 12.5. The molecule has 1 unspecified atom stereocenters. The molecule has 1 N–H and O–H groups in total. The van der Waals surface area contributed by atoms with Crippen molar-refractivity contribution in [2.24, 2.45) is 0 Å². The summed E-state index contributed by atoms with van der Waals surface area (Å²) < 4.78 is 11.5. The van der Waals surface area contributed by atoms with Gasteiger partial charge in [0, 0.05) is 29.4 Å². The van der Waals surface area contributed by atoms with E-state index in [2.05, 4.69) is 24.0 Å². The molecule has 0 spiro atoms. The minimum Gasteiger partial charge on any atom is -0.493 e. The number of rotatable bonds is 6. The smallest absolute Gasteiger partial charge is 0.255 e. The van der Waals surface area contributed by atoms with Crippen molar-refractivity contribution < 1.29 is 19.1 Å². The highest BCUT2D eigenvalue weighted by Gasteiger charge is 2.58. The van der Waals surface area contributed by atoms with E-state index in [4.69, 9.17) is 9.47 Å². The van der Waals surface area contributed by atoms with Gasteiger partial charge in [-0.1, -0.05) is 31.2 Å². The fourth-order valence-electron chi connectivity index (χ4n) is 5.84. The Hall–Kier alpha value is -3.48. The zero-order chi connectivity index (χ0) is 24.3. The first kappa shape index (κ1) is 22.0. The van der Waals surface area contributed by atoms with E-state index >= 15 is 0 Å². The van der Waals surface area contributed by atoms with Crippen LogP contribution in [0.2, 0.25) is 0 Å². The van der Waals surface area contributed by atoms with E-state index in [0.717, 1.165) is 47.0 Å². The van der Waals surface area contributed by atoms with E-state index in [1.54, 1.807) is 16.9 Å². The average molecular weight is 474 g/mol. The third-order valence-corrected chi connectivity index (χ3v) is 7.81. The number of hydrogen-bond acceptors (Lipinski definition) is 4. The molecule has 2 amide bonds. The Kier molecular flexibility index (Phi) is 5.06. The van der Waals surface area contributed by atoms with Crippen LogP contribution < -0.4 is 9.47 Å². The molecule has 2 atom stereocenters. The number of aromatic nitrogens is 1. The van der Waals surface area contributed by atoms with Gasteiger partial charge >= 0.3 is 0 Å². The Bertz CT molecular complexity index is 1330. The van der Waals surface area contributed by atoms with Gasteiger partial charge in [-0.2, -0.15) is 0 Å². The number of nitrogens with zero attached hydrogens (tertiary/aromatic N) is 2. The number of aromatic amines is 1. The lowest BCUT2D eigenvalue weighted by molar-refractivity contribution is -0.166. The van der Waals surface area contributed by atoms with Gasteiger partial charge in [-0.25, -0.2) is 0 Å². The topological polar surface area (TPSA) is 74.9 Å². The summed E-state index contributed by atoms with van der Waals surface area (Å²) in [5.41, 5.74) is 2.87. The summed E-state index contributed by atoms with van der Waals surface area (Å²) in [5.74, 6) is 1.30. The molecular weight excluding hydrogens is 442 g/mol. The van der Waals surface area contributed by atoms with Crippen LogP contribution in [-0.4, -0.2) is 59.4 Å². The first-order chi connectivity index (χ1) is 17.0. The fraction of sp³-hybridized carbons (Fsp3) is 0.429. The zero-order valence-electron chi connectivity index (χ0n) is 20.5. The van der Waals surface area contributed by atoms with Crippen LogP contribution in [0.15, 0.2) is 42.5 Å². The summed E-state index contributed by atoms with van der Waals surface area (Å²) in [6.07, 6.45) is 2.86. The van der Waals surface area contributed by atoms with Gasteiger partial charge in [0.1, 0.15) is 6.54 Å². The second-order valence-electron chi connectivity index (χ2n) is 10.0. The summed E-state index contributed by atoms with van der Waals surface area (Å²) in [6.45, 7) is 5.20. The molecule has 182 valence electrons. The molecule has 1 saturated heterocycles. The molecule has 7 nitrogen and oxygen atoms in total. The van der Waals surface area contributed by atoms with Crippen LogP contribution in [0.1, 0.15) is 55.8 Å². The summed E-state index contributed by atoms with van der Waals surface area (Å²) >= 11 is 0. The third kappa shape index (κ3) is 3.24. The second kappa shape index (κ2) is 8.04. The lowest BCUT2D eigenvalue weighted by Gasteiger charge is -2.51. The lowest BCUT2D eigenvalue weighted by Crippen LogP contribution is -2.67. The highest BCUT2D eigenvalue weighted by atomic mass is 16.5. The summed E-state index contributed by atoms with van der Waals surface area (Å²) in [7, 11) is 1.65. The van der Waals surface area contributed by atoms with Crippen LogP contribution in [-0.2, 0) is 15.1 Å². The molecule has 3 aromatic rings. The first-order valence-corrected chi connectivity index (χ1v) is 12.5. The van der Waals surface area contributed by atoms with Crippen molar-refractivity contribution in [1.82, 2.24) is 14.8 Å². The van der Waals surface area contributed by atoms with E-state index in [0.29, 0.717) is 24.7 Å². The molecular formula is C28H31N3O4. The van der Waals surface area contributed by atoms with Gasteiger partial charge in [-0.05, 0) is 55.5 Å². The molecule has 0 bridgehead atoms. The monoisotopic (exact) mass is 473 g/mol. The molecule has 35 heavy (non-hydrogen) atoms. The van der Waals surface area contributed by atoms with Crippen molar-refractivity contribution in [3.05, 3.63) is 59.3 Å². The zero-order valence-corrected chi connectivity index (χ0v) is 20.5. The number of hydrogen-bond donors (Lipinski definition) is 1. The predicted octanol–water partition coefficient (Wildman–Crippen LogP) is 4.16. The number of ether oxygens (including phenoxy) is 2. The number of carbonyl (C=O) groups is 2. The average Bonchev–Trinajstić information content (AvgIpc) is 3.64. The van der Waals surface area contributed by atoms with E-state index in [-0.39, 0.29) is 30.3 Å². The maximum Gasteiger partial charge on any atom is 0.255 e. The number of nitrogens with one attached hydrogen (secondary N) is 1. The predicted molar refractivity (Wildman–Crippen MR) is 133 cm³/mol. The Morgan fingerprint density at radius 3 is 2.66 bits per heavy atom. The van der Waals surface area contributed by atoms with Gasteiger partial charge in [-0.3, -0.25) is 9.59 Å². The number of fused-ring (bicyclic) bond motifs is 5. The summed E-state index contributed by atoms with van der Waals surface area (Å²) in [5, 5.41) is 1.09. The maximum absolute atomic E-state index is 13.9. The van der Waals surface area contributed by atoms with Crippen LogP contribution in [0, 0.1) is 0 Å². The minimum atomic E-state index is -1.04. The second-order valence-corrected chi connectivity index (χ2v) is 10.0. The molecule has 7 heteroatoms. The van der Waals surface area contributed by atoms with Crippen LogP contribution in [0.3, 0.4) is 0 Å². The number of amides is 2. The molecule has 1 aliphatic carbocycles. The molecule has 3 aliphatic rings. The Morgan fingerprint density at radius 1 is 1.11 bits per heavy atom. The van der Waals surface area contributed by atoms with Crippen molar-refractivity contribution in [3.8, 4) is 11.5 Å². The highest BCUT2D eigenvalue weighted by molar-refractivity contribution is 6.01. The Morgan fingerprint density at radius 2 is 1.91 bits per heavy atom. The van der Waals surface area contributed by atoms with E-state index in [1.807, 2.05) is 37.3 Å². The number of H-pyrrole nitrogens is 1. The molecule has 2 aliphatic heterocycles. The number of para-hydroxylation sites is 1. The molecule has 2 fully saturated rings. The lowest BCUT2D eigenvalue weighted by atomic mass is 9.76. The number of carbonyl (C=O) groups excluding carboxylic acids is 2. The number of methoxy groups -OCH3 is 1. The molecule has 2 aromatic carbocycles. The number of benzene rings is 2. The third-order valence-electron chi connectivity index (χ3n) is 7.81. The van der Waals surface area contributed by atoms with Gasteiger partial charge in [0.25, 0.3) is 5.91 Å². The minimum absolute atomic E-state index is 0.00294. The van der Waals surface area contributed by atoms with Crippen LogP contribution in [0.4, 0.5) is 0 Å². The maximum atomic E-state index is 13.9. The Labute approximate surface area is 205 Å². The number of piperazine rings is 1. The fourth-order valence-corrected chi connectivity index (χ4v) is 5.84. The van der Waals surface area contributed by atoms with Crippen molar-refractivity contribution >= 4 is 22.7 Å². The van der Waals surface area contributed by atoms with Crippen LogP contribution >= 0.6 is 0 Å².